The van der Waals surface area contributed by atoms with Crippen molar-refractivity contribution in [2.75, 3.05) is 13.1 Å². The van der Waals surface area contributed by atoms with Gasteiger partial charge in [-0.25, -0.2) is 8.42 Å². The summed E-state index contributed by atoms with van der Waals surface area (Å²) in [7, 11) is -3.57. The predicted molar refractivity (Wildman–Crippen MR) is 110 cm³/mol. The Morgan fingerprint density at radius 3 is 2.46 bits per heavy atom. The van der Waals surface area contributed by atoms with Gasteiger partial charge >= 0.3 is 0 Å². The van der Waals surface area contributed by atoms with Crippen molar-refractivity contribution in [3.8, 4) is 0 Å². The maximum Gasteiger partial charge on any atom is 0.243 e. The van der Waals surface area contributed by atoms with Crippen molar-refractivity contribution in [2.24, 2.45) is 5.92 Å². The second-order valence-corrected chi connectivity index (χ2v) is 9.33. The second kappa shape index (κ2) is 8.88. The summed E-state index contributed by atoms with van der Waals surface area (Å²) in [5.41, 5.74) is 2.25. The Kier molecular flexibility index (Phi) is 6.52. The van der Waals surface area contributed by atoms with Crippen molar-refractivity contribution in [1.82, 2.24) is 9.62 Å². The first-order valence-corrected chi connectivity index (χ1v) is 11.3. The number of carbonyl (C=O) groups excluding carboxylic acids is 1. The highest BCUT2D eigenvalue weighted by atomic mass is 32.2. The molecule has 0 bridgehead atoms. The van der Waals surface area contributed by atoms with Crippen LogP contribution >= 0.6 is 0 Å². The van der Waals surface area contributed by atoms with Crippen LogP contribution in [0, 0.1) is 12.8 Å². The molecule has 28 heavy (non-hydrogen) atoms. The van der Waals surface area contributed by atoms with Gasteiger partial charge < -0.3 is 5.32 Å². The number of carbonyl (C=O) groups is 1. The van der Waals surface area contributed by atoms with E-state index in [2.05, 4.69) is 5.32 Å². The van der Waals surface area contributed by atoms with Crippen molar-refractivity contribution in [1.29, 1.82) is 0 Å². The van der Waals surface area contributed by atoms with E-state index in [4.69, 9.17) is 0 Å². The zero-order valence-electron chi connectivity index (χ0n) is 16.5. The Hall–Kier alpha value is -2.18. The molecule has 1 aliphatic rings. The zero-order chi connectivity index (χ0) is 20.1. The van der Waals surface area contributed by atoms with Crippen LogP contribution in [0.2, 0.25) is 0 Å². The molecule has 1 N–H and O–H groups in total. The summed E-state index contributed by atoms with van der Waals surface area (Å²) < 4.78 is 27.2. The summed E-state index contributed by atoms with van der Waals surface area (Å²) in [5, 5.41) is 3.12. The molecule has 2 aromatic carbocycles. The molecule has 1 aliphatic heterocycles. The van der Waals surface area contributed by atoms with Gasteiger partial charge in [0.15, 0.2) is 0 Å². The number of hydrogen-bond acceptors (Lipinski definition) is 3. The van der Waals surface area contributed by atoms with Gasteiger partial charge in [0.05, 0.1) is 16.9 Å². The summed E-state index contributed by atoms with van der Waals surface area (Å²) in [4.78, 5) is 13.2. The minimum absolute atomic E-state index is 0.0609. The molecule has 5 nitrogen and oxygen atoms in total. The zero-order valence-corrected chi connectivity index (χ0v) is 17.3. The molecule has 1 amide bonds. The minimum atomic E-state index is -3.57. The maximum absolute atomic E-state index is 12.9. The van der Waals surface area contributed by atoms with Gasteiger partial charge in [0.2, 0.25) is 15.9 Å². The number of sulfonamides is 1. The largest absolute Gasteiger partial charge is 0.349 e. The standard InChI is InChI=1S/C22H28N2O3S/c1-3-21(18-13-11-17(2)12-14-18)23-22(25)19-8-7-15-24(16-19)28(26,27)20-9-5-4-6-10-20/h4-6,9-14,19,21H,3,7-8,15-16H2,1-2H3,(H,23,25)/t19-,21+/m1/s1. The lowest BCUT2D eigenvalue weighted by Gasteiger charge is -2.32. The fraction of sp³-hybridized carbons (Fsp3) is 0.409. The van der Waals surface area contributed by atoms with E-state index in [1.807, 2.05) is 38.1 Å². The summed E-state index contributed by atoms with van der Waals surface area (Å²) in [6.45, 7) is 4.76. The van der Waals surface area contributed by atoms with Crippen molar-refractivity contribution in [3.63, 3.8) is 0 Å². The first-order chi connectivity index (χ1) is 13.4. The van der Waals surface area contributed by atoms with Crippen LogP contribution in [-0.4, -0.2) is 31.7 Å². The second-order valence-electron chi connectivity index (χ2n) is 7.40. The quantitative estimate of drug-likeness (QED) is 0.805. The molecule has 1 saturated heterocycles. The van der Waals surface area contributed by atoms with Crippen molar-refractivity contribution >= 4 is 15.9 Å². The van der Waals surface area contributed by atoms with Crippen LogP contribution in [-0.2, 0) is 14.8 Å². The lowest BCUT2D eigenvalue weighted by atomic mass is 9.97. The van der Waals surface area contributed by atoms with Gasteiger partial charge in [-0.05, 0) is 43.9 Å². The fourth-order valence-electron chi connectivity index (χ4n) is 3.63. The van der Waals surface area contributed by atoms with E-state index in [0.29, 0.717) is 19.4 Å². The minimum Gasteiger partial charge on any atom is -0.349 e. The highest BCUT2D eigenvalue weighted by Gasteiger charge is 2.33. The van der Waals surface area contributed by atoms with Gasteiger partial charge in [0.25, 0.3) is 0 Å². The Morgan fingerprint density at radius 2 is 1.82 bits per heavy atom. The third kappa shape index (κ3) is 4.62. The molecule has 1 fully saturated rings. The molecule has 0 aliphatic carbocycles. The Balaban J connectivity index is 1.69. The van der Waals surface area contributed by atoms with Crippen molar-refractivity contribution in [3.05, 3.63) is 65.7 Å². The Morgan fingerprint density at radius 1 is 1.14 bits per heavy atom. The SMILES string of the molecule is CC[C@H](NC(=O)[C@@H]1CCCN(S(=O)(=O)c2ccccc2)C1)c1ccc(C)cc1. The molecule has 2 aromatic rings. The van der Waals surface area contributed by atoms with Gasteiger partial charge in [0, 0.05) is 13.1 Å². The number of nitrogens with one attached hydrogen (secondary N) is 1. The number of nitrogens with zero attached hydrogens (tertiary/aromatic N) is 1. The lowest BCUT2D eigenvalue weighted by molar-refractivity contribution is -0.126. The first kappa shape index (κ1) is 20.6. The van der Waals surface area contributed by atoms with E-state index in [1.165, 1.54) is 9.87 Å². The first-order valence-electron chi connectivity index (χ1n) is 9.84. The van der Waals surface area contributed by atoms with E-state index in [1.54, 1.807) is 30.3 Å². The average Bonchev–Trinajstić information content (AvgIpc) is 2.73. The predicted octanol–water partition coefficient (Wildman–Crippen LogP) is 3.66. The molecule has 0 saturated carbocycles. The maximum atomic E-state index is 12.9. The Bertz CT molecular complexity index is 895. The molecule has 0 spiro atoms. The number of hydrogen-bond donors (Lipinski definition) is 1. The van der Waals surface area contributed by atoms with Gasteiger partial charge in [-0.2, -0.15) is 4.31 Å². The summed E-state index contributed by atoms with van der Waals surface area (Å²) >= 11 is 0. The third-order valence-electron chi connectivity index (χ3n) is 5.34. The number of rotatable bonds is 6. The van der Waals surface area contributed by atoms with Crippen molar-refractivity contribution in [2.45, 2.75) is 44.0 Å². The molecule has 2 atom stereocenters. The Labute approximate surface area is 167 Å². The highest BCUT2D eigenvalue weighted by Crippen LogP contribution is 2.25. The molecule has 1 heterocycles. The summed E-state index contributed by atoms with van der Waals surface area (Å²) in [6, 6.07) is 16.5. The van der Waals surface area contributed by atoms with Crippen LogP contribution in [0.15, 0.2) is 59.5 Å². The number of benzene rings is 2. The molecule has 150 valence electrons. The van der Waals surface area contributed by atoms with Crippen LogP contribution in [0.25, 0.3) is 0 Å². The van der Waals surface area contributed by atoms with Crippen LogP contribution in [0.4, 0.5) is 0 Å². The topological polar surface area (TPSA) is 66.5 Å². The van der Waals surface area contributed by atoms with Gasteiger partial charge in [-0.3, -0.25) is 4.79 Å². The lowest BCUT2D eigenvalue weighted by Crippen LogP contribution is -2.46. The van der Waals surface area contributed by atoms with Crippen LogP contribution in [0.3, 0.4) is 0 Å². The fourth-order valence-corrected chi connectivity index (χ4v) is 5.17. The normalized spacial score (nSPS) is 19.1. The molecular weight excluding hydrogens is 372 g/mol. The van der Waals surface area contributed by atoms with Crippen molar-refractivity contribution < 1.29 is 13.2 Å². The van der Waals surface area contributed by atoms with E-state index >= 15 is 0 Å². The molecule has 0 radical (unpaired) electrons. The van der Waals surface area contributed by atoms with Crippen LogP contribution < -0.4 is 5.32 Å². The van der Waals surface area contributed by atoms with Gasteiger partial charge in [-0.15, -0.1) is 0 Å². The number of piperidine rings is 1. The average molecular weight is 401 g/mol. The summed E-state index contributed by atoms with van der Waals surface area (Å²) in [6.07, 6.45) is 2.18. The van der Waals surface area contributed by atoms with E-state index in [-0.39, 0.29) is 29.3 Å². The van der Waals surface area contributed by atoms with E-state index in [9.17, 15) is 13.2 Å². The summed E-state index contributed by atoms with van der Waals surface area (Å²) in [5.74, 6) is -0.396. The number of aryl methyl sites for hydroxylation is 1. The molecule has 0 aromatic heterocycles. The molecule has 0 unspecified atom stereocenters. The molecule has 6 heteroatoms. The number of amides is 1. The highest BCUT2D eigenvalue weighted by molar-refractivity contribution is 7.89. The van der Waals surface area contributed by atoms with E-state index < -0.39 is 10.0 Å². The van der Waals surface area contributed by atoms with Gasteiger partial charge in [-0.1, -0.05) is 55.0 Å². The smallest absolute Gasteiger partial charge is 0.243 e. The van der Waals surface area contributed by atoms with E-state index in [0.717, 1.165) is 12.0 Å². The van der Waals surface area contributed by atoms with Gasteiger partial charge in [0.1, 0.15) is 0 Å². The monoisotopic (exact) mass is 400 g/mol. The van der Waals surface area contributed by atoms with Crippen LogP contribution in [0.1, 0.15) is 43.4 Å². The molecule has 3 rings (SSSR count). The van der Waals surface area contributed by atoms with Crippen LogP contribution in [0.5, 0.6) is 0 Å². The molecular formula is C22H28N2O3S. The third-order valence-corrected chi connectivity index (χ3v) is 7.22.